The predicted octanol–water partition coefficient (Wildman–Crippen LogP) is 2.27. The minimum absolute atomic E-state index is 0.137. The van der Waals surface area contributed by atoms with E-state index in [2.05, 4.69) is 10.2 Å². The van der Waals surface area contributed by atoms with Crippen LogP contribution in [0, 0.1) is 11.6 Å². The molecule has 2 aromatic rings. The molecule has 0 radical (unpaired) electrons. The Hall–Kier alpha value is -3.53. The largest absolute Gasteiger partial charge is 0.473 e. The molecule has 1 aliphatic heterocycles. The highest BCUT2D eigenvalue weighted by Crippen LogP contribution is 2.20. The molecule has 3 N–H and O–H groups in total. The van der Waals surface area contributed by atoms with Crippen LogP contribution in [0.4, 0.5) is 20.2 Å². The Labute approximate surface area is 177 Å². The third kappa shape index (κ3) is 8.01. The van der Waals surface area contributed by atoms with Crippen LogP contribution in [0.2, 0.25) is 0 Å². The van der Waals surface area contributed by atoms with E-state index in [1.54, 1.807) is 24.3 Å². The van der Waals surface area contributed by atoms with Gasteiger partial charge in [0.05, 0.1) is 5.69 Å². The Morgan fingerprint density at radius 3 is 2.13 bits per heavy atom. The first-order valence-corrected chi connectivity index (χ1v) is 9.49. The van der Waals surface area contributed by atoms with Crippen molar-refractivity contribution in [1.82, 2.24) is 4.90 Å². The summed E-state index contributed by atoms with van der Waals surface area (Å²) in [6.07, 6.45) is 0.343. The van der Waals surface area contributed by atoms with E-state index in [0.717, 1.165) is 26.2 Å². The van der Waals surface area contributed by atoms with Gasteiger partial charge in [-0.15, -0.1) is 0 Å². The number of nitrogens with zero attached hydrogens (tertiary/aromatic N) is 2. The molecule has 0 bridgehead atoms. The highest BCUT2D eigenvalue weighted by atomic mass is 19.1. The van der Waals surface area contributed by atoms with Gasteiger partial charge in [-0.3, -0.25) is 9.69 Å². The number of aliphatic carboxylic acids is 2. The van der Waals surface area contributed by atoms with Crippen LogP contribution in [0.3, 0.4) is 0 Å². The maximum absolute atomic E-state index is 13.8. The summed E-state index contributed by atoms with van der Waals surface area (Å²) in [5.74, 6) is -4.36. The maximum Gasteiger partial charge on any atom is 0.414 e. The average molecular weight is 435 g/mol. The first-order chi connectivity index (χ1) is 14.8. The monoisotopic (exact) mass is 435 g/mol. The summed E-state index contributed by atoms with van der Waals surface area (Å²) >= 11 is 0. The normalized spacial score (nSPS) is 13.7. The molecule has 1 heterocycles. The first-order valence-electron chi connectivity index (χ1n) is 9.49. The van der Waals surface area contributed by atoms with Gasteiger partial charge in [-0.2, -0.15) is 0 Å². The molecule has 10 heteroatoms. The van der Waals surface area contributed by atoms with Gasteiger partial charge in [-0.05, 0) is 30.3 Å². The SMILES string of the molecule is O=C(CCN1CCN(c2ccccc2F)CC1)Nc1cccc(F)c1.O=C(O)C(=O)O. The molecule has 166 valence electrons. The van der Waals surface area contributed by atoms with Crippen molar-refractivity contribution in [2.45, 2.75) is 6.42 Å². The highest BCUT2D eigenvalue weighted by molar-refractivity contribution is 6.27. The van der Waals surface area contributed by atoms with Gasteiger partial charge < -0.3 is 20.4 Å². The fourth-order valence-corrected chi connectivity index (χ4v) is 2.97. The van der Waals surface area contributed by atoms with Crippen molar-refractivity contribution < 1.29 is 33.4 Å². The number of halogens is 2. The van der Waals surface area contributed by atoms with E-state index >= 15 is 0 Å². The first kappa shape index (κ1) is 23.7. The van der Waals surface area contributed by atoms with Crippen molar-refractivity contribution in [2.75, 3.05) is 42.9 Å². The zero-order valence-corrected chi connectivity index (χ0v) is 16.6. The Morgan fingerprint density at radius 1 is 0.903 bits per heavy atom. The van der Waals surface area contributed by atoms with Crippen LogP contribution in [-0.2, 0) is 14.4 Å². The minimum atomic E-state index is -1.82. The summed E-state index contributed by atoms with van der Waals surface area (Å²) < 4.78 is 26.9. The number of hydrogen-bond acceptors (Lipinski definition) is 5. The number of para-hydroxylation sites is 1. The second-order valence-corrected chi connectivity index (χ2v) is 6.70. The molecule has 3 rings (SSSR count). The molecule has 8 nitrogen and oxygen atoms in total. The summed E-state index contributed by atoms with van der Waals surface area (Å²) in [5.41, 5.74) is 1.10. The molecule has 0 aliphatic carbocycles. The molecule has 0 aromatic heterocycles. The van der Waals surface area contributed by atoms with Crippen LogP contribution in [-0.4, -0.2) is 65.7 Å². The van der Waals surface area contributed by atoms with Gasteiger partial charge in [0.25, 0.3) is 0 Å². The number of carboxylic acid groups (broad SMARTS) is 2. The zero-order chi connectivity index (χ0) is 22.8. The van der Waals surface area contributed by atoms with Crippen molar-refractivity contribution in [3.8, 4) is 0 Å². The third-order valence-electron chi connectivity index (χ3n) is 4.51. The van der Waals surface area contributed by atoms with Crippen molar-refractivity contribution in [3.63, 3.8) is 0 Å². The minimum Gasteiger partial charge on any atom is -0.473 e. The van der Waals surface area contributed by atoms with Crippen LogP contribution in [0.15, 0.2) is 48.5 Å². The van der Waals surface area contributed by atoms with Crippen molar-refractivity contribution >= 4 is 29.2 Å². The molecular formula is C21H23F2N3O5. The van der Waals surface area contributed by atoms with Crippen molar-refractivity contribution in [2.24, 2.45) is 0 Å². The molecule has 31 heavy (non-hydrogen) atoms. The molecule has 2 aromatic carbocycles. The molecular weight excluding hydrogens is 412 g/mol. The number of hydrogen-bond donors (Lipinski definition) is 3. The van der Waals surface area contributed by atoms with E-state index in [4.69, 9.17) is 19.8 Å². The van der Waals surface area contributed by atoms with Gasteiger partial charge in [0.1, 0.15) is 11.6 Å². The number of benzene rings is 2. The van der Waals surface area contributed by atoms with Gasteiger partial charge in [0, 0.05) is 44.8 Å². The molecule has 1 saturated heterocycles. The van der Waals surface area contributed by atoms with Crippen LogP contribution >= 0.6 is 0 Å². The van der Waals surface area contributed by atoms with Gasteiger partial charge >= 0.3 is 11.9 Å². The summed E-state index contributed by atoms with van der Waals surface area (Å²) in [6.45, 7) is 3.65. The Kier molecular flexibility index (Phi) is 8.89. The van der Waals surface area contributed by atoms with E-state index in [-0.39, 0.29) is 17.5 Å². The van der Waals surface area contributed by atoms with E-state index < -0.39 is 11.9 Å². The Bertz CT molecular complexity index is 905. The zero-order valence-electron chi connectivity index (χ0n) is 16.6. The predicted molar refractivity (Wildman–Crippen MR) is 110 cm³/mol. The van der Waals surface area contributed by atoms with Crippen LogP contribution in [0.5, 0.6) is 0 Å². The van der Waals surface area contributed by atoms with Crippen molar-refractivity contribution in [1.29, 1.82) is 0 Å². The summed E-state index contributed by atoms with van der Waals surface area (Å²) in [4.78, 5) is 34.4. The Balaban J connectivity index is 0.000000501. The molecule has 0 saturated carbocycles. The standard InChI is InChI=1S/C19H21F2N3O.C2H2O4/c20-15-4-3-5-16(14-15)22-19(25)8-9-23-10-12-24(13-11-23)18-7-2-1-6-17(18)21;3-1(4)2(5)6/h1-7,14H,8-13H2,(H,22,25);(H,3,4)(H,5,6). The van der Waals surface area contributed by atoms with Gasteiger partial charge in [-0.1, -0.05) is 18.2 Å². The molecule has 1 aliphatic rings. The lowest BCUT2D eigenvalue weighted by atomic mass is 10.2. The van der Waals surface area contributed by atoms with E-state index in [1.165, 1.54) is 18.2 Å². The number of amides is 1. The number of nitrogens with one attached hydrogen (secondary N) is 1. The smallest absolute Gasteiger partial charge is 0.414 e. The number of piperazine rings is 1. The summed E-state index contributed by atoms with van der Waals surface area (Å²) in [7, 11) is 0. The second kappa shape index (κ2) is 11.6. The number of anilines is 2. The average Bonchev–Trinajstić information content (AvgIpc) is 2.73. The number of carbonyl (C=O) groups excluding carboxylic acids is 1. The maximum atomic E-state index is 13.8. The molecule has 1 amide bonds. The van der Waals surface area contributed by atoms with Crippen molar-refractivity contribution in [3.05, 3.63) is 60.2 Å². The fourth-order valence-electron chi connectivity index (χ4n) is 2.97. The fraction of sp³-hybridized carbons (Fsp3) is 0.286. The number of carbonyl (C=O) groups is 3. The second-order valence-electron chi connectivity index (χ2n) is 6.70. The molecule has 0 spiro atoms. The van der Waals surface area contributed by atoms with E-state index in [0.29, 0.717) is 24.3 Å². The van der Waals surface area contributed by atoms with Gasteiger partial charge in [-0.25, -0.2) is 18.4 Å². The van der Waals surface area contributed by atoms with Gasteiger partial charge in [0.15, 0.2) is 0 Å². The van der Waals surface area contributed by atoms with Gasteiger partial charge in [0.2, 0.25) is 5.91 Å². The number of rotatable bonds is 5. The van der Waals surface area contributed by atoms with E-state index in [1.807, 2.05) is 11.0 Å². The van der Waals surface area contributed by atoms with Crippen LogP contribution in [0.1, 0.15) is 6.42 Å². The summed E-state index contributed by atoms with van der Waals surface area (Å²) in [5, 5.41) is 17.5. The van der Waals surface area contributed by atoms with E-state index in [9.17, 15) is 13.6 Å². The molecule has 1 fully saturated rings. The quantitative estimate of drug-likeness (QED) is 0.618. The number of carboxylic acids is 2. The molecule has 0 atom stereocenters. The molecule has 0 unspecified atom stereocenters. The summed E-state index contributed by atoms with van der Waals surface area (Å²) in [6, 6.07) is 12.6. The lowest BCUT2D eigenvalue weighted by molar-refractivity contribution is -0.159. The third-order valence-corrected chi connectivity index (χ3v) is 4.51. The lowest BCUT2D eigenvalue weighted by Crippen LogP contribution is -2.47. The Morgan fingerprint density at radius 2 is 1.55 bits per heavy atom. The highest BCUT2D eigenvalue weighted by Gasteiger charge is 2.19. The topological polar surface area (TPSA) is 110 Å². The lowest BCUT2D eigenvalue weighted by Gasteiger charge is -2.36. The van der Waals surface area contributed by atoms with Crippen LogP contribution < -0.4 is 10.2 Å². The van der Waals surface area contributed by atoms with Crippen LogP contribution in [0.25, 0.3) is 0 Å².